The summed E-state index contributed by atoms with van der Waals surface area (Å²) in [7, 11) is 0. The van der Waals surface area contributed by atoms with Gasteiger partial charge in [0.25, 0.3) is 16.8 Å². The van der Waals surface area contributed by atoms with Crippen LogP contribution in [-0.2, 0) is 23.3 Å². The summed E-state index contributed by atoms with van der Waals surface area (Å²) in [4.78, 5) is 44.7. The van der Waals surface area contributed by atoms with Crippen LogP contribution >= 0.6 is 23.1 Å². The molecule has 0 radical (unpaired) electrons. The van der Waals surface area contributed by atoms with E-state index in [0.29, 0.717) is 42.8 Å². The van der Waals surface area contributed by atoms with Crippen molar-refractivity contribution in [3.05, 3.63) is 158 Å². The van der Waals surface area contributed by atoms with E-state index in [9.17, 15) is 19.5 Å². The zero-order chi connectivity index (χ0) is 37.4. The lowest BCUT2D eigenvalue weighted by Gasteiger charge is -2.30. The van der Waals surface area contributed by atoms with Crippen molar-refractivity contribution in [2.75, 3.05) is 23.8 Å². The van der Waals surface area contributed by atoms with E-state index in [4.69, 9.17) is 0 Å². The van der Waals surface area contributed by atoms with E-state index in [1.807, 2.05) is 24.3 Å². The zero-order valence-corrected chi connectivity index (χ0v) is 32.1. The Hall–Kier alpha value is -5.09. The number of fused-ring (bicyclic) bond motifs is 3. The number of anilines is 1. The molecule has 0 saturated carbocycles. The topological polar surface area (TPSA) is 81.8 Å². The lowest BCUT2D eigenvalue weighted by Crippen LogP contribution is -2.37. The first-order valence-electron chi connectivity index (χ1n) is 18.5. The summed E-state index contributed by atoms with van der Waals surface area (Å²) in [5.74, 6) is 0.381. The van der Waals surface area contributed by atoms with Crippen molar-refractivity contribution in [1.82, 2.24) is 4.90 Å². The average molecular weight is 753 g/mol. The van der Waals surface area contributed by atoms with E-state index >= 15 is 0 Å². The molecule has 7 nitrogen and oxygen atoms in total. The first-order valence-corrected chi connectivity index (χ1v) is 20.3. The fraction of sp³-hybridized carbons (Fsp3) is 0.244. The van der Waals surface area contributed by atoms with Crippen molar-refractivity contribution in [2.45, 2.75) is 51.6 Å². The van der Waals surface area contributed by atoms with Gasteiger partial charge >= 0.3 is 0 Å². The fourth-order valence-corrected chi connectivity index (χ4v) is 10.1. The molecule has 3 aliphatic rings. The number of carbonyl (C=O) groups is 3. The molecule has 54 heavy (non-hydrogen) atoms. The van der Waals surface area contributed by atoms with Gasteiger partial charge < -0.3 is 10.0 Å². The number of para-hydroxylation sites is 2. The number of unbranched alkanes of at least 4 members (excludes halogenated alkanes) is 2. The largest absolute Gasteiger partial charge is 0.390 e. The third-order valence-electron chi connectivity index (χ3n) is 10.6. The molecule has 5 aromatic rings. The van der Waals surface area contributed by atoms with Crippen molar-refractivity contribution in [1.29, 1.82) is 0 Å². The highest BCUT2D eigenvalue weighted by Gasteiger charge is 2.43. The molecule has 0 spiro atoms. The molecule has 4 aromatic carbocycles. The molecule has 2 amide bonds. The predicted octanol–water partition coefficient (Wildman–Crippen LogP) is 8.48. The second-order valence-corrected chi connectivity index (χ2v) is 16.5. The number of hydrogen-bond donors (Lipinski definition) is 1. The third kappa shape index (κ3) is 6.44. The van der Waals surface area contributed by atoms with Gasteiger partial charge in [0.2, 0.25) is 5.52 Å². The van der Waals surface area contributed by atoms with Crippen molar-refractivity contribution in [3.63, 3.8) is 0 Å². The number of carbonyl (C=O) groups excluding carboxylic acids is 3. The van der Waals surface area contributed by atoms with Crippen LogP contribution < -0.4 is 9.47 Å². The molecule has 1 N–H and O–H groups in total. The van der Waals surface area contributed by atoms with Gasteiger partial charge in [-0.2, -0.15) is 4.57 Å². The lowest BCUT2D eigenvalue weighted by molar-refractivity contribution is -0.670. The lowest BCUT2D eigenvalue weighted by atomic mass is 9.81. The van der Waals surface area contributed by atoms with Crippen molar-refractivity contribution in [2.24, 2.45) is 0 Å². The Kier molecular flexibility index (Phi) is 9.96. The molecule has 272 valence electrons. The maximum Gasteiger partial charge on any atom is 0.263 e. The molecule has 3 heterocycles. The maximum atomic E-state index is 14.3. The molecule has 1 aliphatic carbocycles. The normalized spacial score (nSPS) is 17.6. The van der Waals surface area contributed by atoms with Crippen LogP contribution in [0.2, 0.25) is 0 Å². The van der Waals surface area contributed by atoms with E-state index in [-0.39, 0.29) is 29.6 Å². The van der Waals surface area contributed by atoms with Gasteiger partial charge in [-0.1, -0.05) is 104 Å². The fourth-order valence-electron chi connectivity index (χ4n) is 7.81. The zero-order valence-electron chi connectivity index (χ0n) is 30.5. The molecule has 1 aromatic heterocycles. The molecule has 0 fully saturated rings. The van der Waals surface area contributed by atoms with E-state index in [2.05, 4.69) is 90.1 Å². The van der Waals surface area contributed by atoms with E-state index in [1.54, 1.807) is 47.4 Å². The minimum Gasteiger partial charge on any atom is -0.390 e. The Labute approximate surface area is 323 Å². The Balaban J connectivity index is 1.09. The molecule has 0 saturated heterocycles. The Morgan fingerprint density at radius 3 is 2.22 bits per heavy atom. The average Bonchev–Trinajstić information content (AvgIpc) is 3.74. The van der Waals surface area contributed by atoms with Crippen LogP contribution in [0.15, 0.2) is 131 Å². The van der Waals surface area contributed by atoms with Crippen molar-refractivity contribution >= 4 is 62.7 Å². The van der Waals surface area contributed by atoms with Gasteiger partial charge in [0.05, 0.1) is 11.1 Å². The minimum atomic E-state index is -0.326. The number of nitrogens with zero attached hydrogens (tertiary/aromatic N) is 3. The standard InChI is InChI=1S/C45H42N3O4S2/c1-45(2)35-19-9-10-20-36(35)48(29-30-15-5-3-6-16-30)39(45)27-33-41(50)34(28-40-46(24-25-49)37-21-11-12-22-38(37)54-40)42(33)53-26-14-4-13-23-47-43(51)31-17-7-8-18-32(31)44(47)52/h3,5-12,15-22,27-28,49H,4,13-14,23-26,29H2,1-2H3/q+1. The summed E-state index contributed by atoms with van der Waals surface area (Å²) >= 11 is 3.32. The number of aliphatic hydroxyl groups is 1. The molecule has 0 bridgehead atoms. The SMILES string of the molecule is CC1(C)/C(=C\C2=C(SCCCCCN3C(=O)c4ccccc4C3=O)C(=C/c3sc4ccccc4[n+]3CCO)/C2=O)N(Cc2ccccc2)c2ccccc21. The second kappa shape index (κ2) is 15.0. The first-order chi connectivity index (χ1) is 26.3. The summed E-state index contributed by atoms with van der Waals surface area (Å²) in [5, 5.41) is 10.9. The van der Waals surface area contributed by atoms with Crippen LogP contribution in [-0.4, -0.2) is 46.5 Å². The Morgan fingerprint density at radius 2 is 1.46 bits per heavy atom. The van der Waals surface area contributed by atoms with Gasteiger partial charge in [-0.3, -0.25) is 19.3 Å². The Bertz CT molecular complexity index is 2360. The van der Waals surface area contributed by atoms with Gasteiger partial charge in [0.1, 0.15) is 11.3 Å². The highest BCUT2D eigenvalue weighted by molar-refractivity contribution is 8.03. The number of benzene rings is 4. The van der Waals surface area contributed by atoms with Gasteiger partial charge in [-0.15, -0.1) is 11.8 Å². The predicted molar refractivity (Wildman–Crippen MR) is 217 cm³/mol. The number of thiazole rings is 1. The summed E-state index contributed by atoms with van der Waals surface area (Å²) in [5.41, 5.74) is 7.77. The van der Waals surface area contributed by atoms with Crippen LogP contribution in [0.1, 0.15) is 70.0 Å². The van der Waals surface area contributed by atoms with Crippen molar-refractivity contribution in [3.8, 4) is 0 Å². The van der Waals surface area contributed by atoms with Crippen LogP contribution in [0, 0.1) is 0 Å². The van der Waals surface area contributed by atoms with Gasteiger partial charge in [0.15, 0.2) is 12.3 Å². The molecule has 9 heteroatoms. The first kappa shape index (κ1) is 35.9. The number of Topliss-reactive ketones (excluding diaryl/α,β-unsaturated/α-hetero) is 1. The molecule has 0 atom stereocenters. The highest BCUT2D eigenvalue weighted by atomic mass is 32.2. The quantitative estimate of drug-likeness (QED) is 0.0563. The molecule has 8 rings (SSSR count). The number of ketones is 1. The number of aromatic nitrogens is 1. The molecular weight excluding hydrogens is 711 g/mol. The smallest absolute Gasteiger partial charge is 0.263 e. The van der Waals surface area contributed by atoms with Gasteiger partial charge in [-0.05, 0) is 60.1 Å². The van der Waals surface area contributed by atoms with Crippen LogP contribution in [0.4, 0.5) is 5.69 Å². The summed E-state index contributed by atoms with van der Waals surface area (Å²) in [6.07, 6.45) is 6.56. The van der Waals surface area contributed by atoms with Crippen LogP contribution in [0.5, 0.6) is 0 Å². The number of thioether (sulfide) groups is 1. The molecular formula is C45H42N3O4S2+. The van der Waals surface area contributed by atoms with E-state index in [1.165, 1.54) is 16.0 Å². The van der Waals surface area contributed by atoms with E-state index < -0.39 is 0 Å². The van der Waals surface area contributed by atoms with Gasteiger partial charge in [0, 0.05) is 58.1 Å². The number of imide groups is 1. The number of rotatable bonds is 13. The van der Waals surface area contributed by atoms with E-state index in [0.717, 1.165) is 55.7 Å². The number of aliphatic hydroxyl groups excluding tert-OH is 1. The second-order valence-electron chi connectivity index (χ2n) is 14.4. The molecule has 0 unspecified atom stereocenters. The third-order valence-corrected chi connectivity index (χ3v) is 13.0. The molecule has 2 aliphatic heterocycles. The number of hydrogen-bond acceptors (Lipinski definition) is 7. The monoisotopic (exact) mass is 752 g/mol. The Morgan fingerprint density at radius 1 is 0.778 bits per heavy atom. The summed E-state index contributed by atoms with van der Waals surface area (Å²) < 4.78 is 3.20. The summed E-state index contributed by atoms with van der Waals surface area (Å²) in [6, 6.07) is 34.1. The van der Waals surface area contributed by atoms with Crippen molar-refractivity contribution < 1.29 is 24.1 Å². The van der Waals surface area contributed by atoms with Gasteiger partial charge in [-0.25, -0.2) is 0 Å². The maximum absolute atomic E-state index is 14.3. The minimum absolute atomic E-state index is 0.00207. The number of allylic oxidation sites excluding steroid dienone is 4. The summed E-state index contributed by atoms with van der Waals surface area (Å²) in [6.45, 7) is 5.99. The van der Waals surface area contributed by atoms with Crippen LogP contribution in [0.25, 0.3) is 16.3 Å². The number of amides is 2. The highest BCUT2D eigenvalue weighted by Crippen LogP contribution is 2.50. The van der Waals surface area contributed by atoms with Crippen LogP contribution in [0.3, 0.4) is 0 Å².